The third kappa shape index (κ3) is 4.68. The van der Waals surface area contributed by atoms with Crippen molar-refractivity contribution in [2.45, 2.75) is 6.18 Å². The molecule has 1 heterocycles. The van der Waals surface area contributed by atoms with Crippen LogP contribution in [0.25, 0.3) is 22.2 Å². The number of benzene rings is 3. The molecule has 0 saturated carbocycles. The highest BCUT2D eigenvalue weighted by molar-refractivity contribution is 5.98. The summed E-state index contributed by atoms with van der Waals surface area (Å²) in [6.07, 6.45) is -4.44. The number of aliphatic hydroxyl groups is 1. The minimum atomic E-state index is -4.44. The van der Waals surface area contributed by atoms with Gasteiger partial charge in [0, 0.05) is 30.4 Å². The number of rotatable bonds is 6. The molecule has 0 aliphatic heterocycles. The quantitative estimate of drug-likeness (QED) is 0.394. The van der Waals surface area contributed by atoms with Gasteiger partial charge in [0.1, 0.15) is 0 Å². The fourth-order valence-electron chi connectivity index (χ4n) is 3.56. The van der Waals surface area contributed by atoms with Crippen LogP contribution >= 0.6 is 0 Å². The Morgan fingerprint density at radius 3 is 2.58 bits per heavy atom. The molecular weight excluding hydrogens is 433 g/mol. The Morgan fingerprint density at radius 1 is 1.06 bits per heavy atom. The second-order valence-electron chi connectivity index (χ2n) is 7.43. The Hall–Kier alpha value is -3.85. The van der Waals surface area contributed by atoms with E-state index in [1.54, 1.807) is 35.9 Å². The van der Waals surface area contributed by atoms with E-state index in [4.69, 9.17) is 5.11 Å². The first-order valence-electron chi connectivity index (χ1n) is 10.2. The smallest absolute Gasteiger partial charge is 0.395 e. The van der Waals surface area contributed by atoms with Crippen molar-refractivity contribution in [3.8, 4) is 11.1 Å². The van der Waals surface area contributed by atoms with Gasteiger partial charge in [-0.3, -0.25) is 4.79 Å². The van der Waals surface area contributed by atoms with Crippen LogP contribution in [0.1, 0.15) is 15.9 Å². The highest BCUT2D eigenvalue weighted by Crippen LogP contribution is 2.33. The summed E-state index contributed by atoms with van der Waals surface area (Å²) in [5, 5.41) is 14.5. The molecule has 0 radical (unpaired) electrons. The van der Waals surface area contributed by atoms with Crippen molar-refractivity contribution in [2.24, 2.45) is 7.05 Å². The number of carbonyl (C=O) groups is 1. The van der Waals surface area contributed by atoms with Crippen molar-refractivity contribution < 1.29 is 23.1 Å². The van der Waals surface area contributed by atoms with Crippen LogP contribution in [-0.2, 0) is 13.2 Å². The number of nitrogens with one attached hydrogen (secondary N) is 2. The third-order valence-corrected chi connectivity index (χ3v) is 5.19. The number of carbonyl (C=O) groups excluding carboxylic acids is 1. The van der Waals surface area contributed by atoms with Gasteiger partial charge in [0.05, 0.1) is 23.2 Å². The summed E-state index contributed by atoms with van der Waals surface area (Å²) in [6, 6.07) is 17.5. The van der Waals surface area contributed by atoms with Crippen molar-refractivity contribution in [3.63, 3.8) is 0 Å². The normalized spacial score (nSPS) is 11.5. The Morgan fingerprint density at radius 2 is 1.82 bits per heavy atom. The lowest BCUT2D eigenvalue weighted by molar-refractivity contribution is -0.137. The highest BCUT2D eigenvalue weighted by Gasteiger charge is 2.30. The maximum Gasteiger partial charge on any atom is 0.416 e. The van der Waals surface area contributed by atoms with Crippen LogP contribution in [0.2, 0.25) is 0 Å². The van der Waals surface area contributed by atoms with Crippen molar-refractivity contribution >= 4 is 28.6 Å². The average Bonchev–Trinajstić information content (AvgIpc) is 3.12. The Bertz CT molecular complexity index is 1310. The highest BCUT2D eigenvalue weighted by atomic mass is 19.4. The summed E-state index contributed by atoms with van der Waals surface area (Å²) < 4.78 is 40.9. The summed E-state index contributed by atoms with van der Waals surface area (Å²) in [5.74, 6) is 0.0830. The molecule has 0 fully saturated rings. The van der Waals surface area contributed by atoms with Crippen LogP contribution in [0.3, 0.4) is 0 Å². The van der Waals surface area contributed by atoms with Gasteiger partial charge in [0.15, 0.2) is 0 Å². The molecule has 0 spiro atoms. The van der Waals surface area contributed by atoms with Crippen LogP contribution in [-0.4, -0.2) is 33.7 Å². The molecule has 3 aromatic carbocycles. The number of amides is 1. The largest absolute Gasteiger partial charge is 0.416 e. The zero-order valence-electron chi connectivity index (χ0n) is 17.6. The van der Waals surface area contributed by atoms with Crippen LogP contribution in [0.4, 0.5) is 24.8 Å². The summed E-state index contributed by atoms with van der Waals surface area (Å²) in [4.78, 5) is 16.9. The number of nitrogens with zero attached hydrogens (tertiary/aromatic N) is 2. The molecule has 1 amide bonds. The SMILES string of the molecule is Cn1c(Nc2cccc(C(F)(F)F)c2)nc2c(-c3cccc(C(=O)NCCO)c3)cccc21. The van der Waals surface area contributed by atoms with Crippen molar-refractivity contribution in [3.05, 3.63) is 77.9 Å². The van der Waals surface area contributed by atoms with Crippen molar-refractivity contribution in [1.29, 1.82) is 0 Å². The summed E-state index contributed by atoms with van der Waals surface area (Å²) in [7, 11) is 1.77. The van der Waals surface area contributed by atoms with E-state index in [0.717, 1.165) is 28.8 Å². The zero-order chi connectivity index (χ0) is 23.6. The van der Waals surface area contributed by atoms with E-state index in [9.17, 15) is 18.0 Å². The molecule has 3 N–H and O–H groups in total. The lowest BCUT2D eigenvalue weighted by Crippen LogP contribution is -2.26. The van der Waals surface area contributed by atoms with Gasteiger partial charge in [-0.2, -0.15) is 13.2 Å². The molecule has 4 aromatic rings. The molecule has 4 rings (SSSR count). The predicted molar refractivity (Wildman–Crippen MR) is 120 cm³/mol. The Balaban J connectivity index is 1.71. The van der Waals surface area contributed by atoms with E-state index in [1.165, 1.54) is 6.07 Å². The standard InChI is InChI=1S/C24H21F3N4O2/c1-31-20-10-4-9-19(15-5-2-6-16(13-15)22(33)28-11-12-32)21(20)30-23(31)29-18-8-3-7-17(14-18)24(25,26)27/h2-10,13-14,32H,11-12H2,1H3,(H,28,33)(H,29,30). The van der Waals surface area contributed by atoms with Gasteiger partial charge in [-0.05, 0) is 42.0 Å². The first-order chi connectivity index (χ1) is 15.8. The number of para-hydroxylation sites is 1. The lowest BCUT2D eigenvalue weighted by atomic mass is 10.0. The molecule has 170 valence electrons. The average molecular weight is 454 g/mol. The monoisotopic (exact) mass is 454 g/mol. The summed E-state index contributed by atoms with van der Waals surface area (Å²) in [6.45, 7) is 0.00375. The van der Waals surface area contributed by atoms with Gasteiger partial charge in [-0.15, -0.1) is 0 Å². The molecule has 0 bridgehead atoms. The van der Waals surface area contributed by atoms with Crippen LogP contribution in [0, 0.1) is 0 Å². The maximum atomic E-state index is 13.1. The van der Waals surface area contributed by atoms with Gasteiger partial charge in [-0.1, -0.05) is 30.3 Å². The van der Waals surface area contributed by atoms with E-state index >= 15 is 0 Å². The van der Waals surface area contributed by atoms with Gasteiger partial charge in [0.2, 0.25) is 5.95 Å². The zero-order valence-corrected chi connectivity index (χ0v) is 17.6. The van der Waals surface area contributed by atoms with Crippen LogP contribution < -0.4 is 10.6 Å². The molecule has 1 aromatic heterocycles. The molecule has 9 heteroatoms. The number of aryl methyl sites for hydroxylation is 1. The number of hydrogen-bond donors (Lipinski definition) is 3. The second-order valence-corrected chi connectivity index (χ2v) is 7.43. The first kappa shape index (κ1) is 22.3. The van der Waals surface area contributed by atoms with Gasteiger partial charge >= 0.3 is 6.18 Å². The predicted octanol–water partition coefficient (Wildman–Crippen LogP) is 4.72. The maximum absolute atomic E-state index is 13.1. The van der Waals surface area contributed by atoms with E-state index in [2.05, 4.69) is 15.6 Å². The molecule has 0 aliphatic carbocycles. The third-order valence-electron chi connectivity index (χ3n) is 5.19. The fourth-order valence-corrected chi connectivity index (χ4v) is 3.56. The van der Waals surface area contributed by atoms with Crippen LogP contribution in [0.5, 0.6) is 0 Å². The number of imidazole rings is 1. The van der Waals surface area contributed by atoms with Crippen molar-refractivity contribution in [1.82, 2.24) is 14.9 Å². The van der Waals surface area contributed by atoms with Gasteiger partial charge in [0.25, 0.3) is 5.91 Å². The number of anilines is 2. The first-order valence-corrected chi connectivity index (χ1v) is 10.2. The second kappa shape index (κ2) is 8.95. The topological polar surface area (TPSA) is 79.2 Å². The molecule has 0 aliphatic rings. The van der Waals surface area contributed by atoms with E-state index < -0.39 is 11.7 Å². The number of alkyl halides is 3. The molecule has 33 heavy (non-hydrogen) atoms. The van der Waals surface area contributed by atoms with E-state index in [-0.39, 0.29) is 24.7 Å². The van der Waals surface area contributed by atoms with E-state index in [1.807, 2.05) is 24.3 Å². The van der Waals surface area contributed by atoms with Gasteiger partial charge < -0.3 is 20.3 Å². The molecule has 0 atom stereocenters. The Kier molecular flexibility index (Phi) is 6.06. The minimum absolute atomic E-state index is 0.152. The molecule has 0 saturated heterocycles. The number of fused-ring (bicyclic) bond motifs is 1. The molecule has 0 unspecified atom stereocenters. The summed E-state index contributed by atoms with van der Waals surface area (Å²) >= 11 is 0. The number of hydrogen-bond acceptors (Lipinski definition) is 4. The van der Waals surface area contributed by atoms with E-state index in [0.29, 0.717) is 17.0 Å². The van der Waals surface area contributed by atoms with Gasteiger partial charge in [-0.25, -0.2) is 4.98 Å². The Labute approximate surface area is 187 Å². The van der Waals surface area contributed by atoms with Crippen LogP contribution in [0.15, 0.2) is 66.7 Å². The van der Waals surface area contributed by atoms with Crippen molar-refractivity contribution in [2.75, 3.05) is 18.5 Å². The number of halogens is 3. The summed E-state index contributed by atoms with van der Waals surface area (Å²) in [5.41, 5.74) is 2.92. The number of aliphatic hydroxyl groups excluding tert-OH is 1. The fraction of sp³-hybridized carbons (Fsp3) is 0.167. The lowest BCUT2D eigenvalue weighted by Gasteiger charge is -2.10. The molecule has 6 nitrogen and oxygen atoms in total. The number of aromatic nitrogens is 2. The molecular formula is C24H21F3N4O2. The minimum Gasteiger partial charge on any atom is -0.395 e.